The number of nitrogens with zero attached hydrogens (tertiary/aromatic N) is 4. The highest BCUT2D eigenvalue weighted by Crippen LogP contribution is 2.33. The van der Waals surface area contributed by atoms with Gasteiger partial charge in [-0.15, -0.1) is 0 Å². The first-order chi connectivity index (χ1) is 17.2. The Morgan fingerprint density at radius 1 is 1.17 bits per heavy atom. The monoisotopic (exact) mass is 501 g/mol. The minimum Gasteiger partial charge on any atom is -0.362 e. The van der Waals surface area contributed by atoms with E-state index < -0.39 is 5.92 Å². The van der Waals surface area contributed by atoms with Gasteiger partial charge in [0.15, 0.2) is 5.78 Å². The Balaban J connectivity index is 1.21. The van der Waals surface area contributed by atoms with Crippen LogP contribution in [0.15, 0.2) is 24.5 Å². The number of alkyl halides is 2. The number of hydrogen-bond acceptors (Lipinski definition) is 6. The third-order valence-electron chi connectivity index (χ3n) is 7.68. The Kier molecular flexibility index (Phi) is 8.17. The molecule has 0 spiro atoms. The van der Waals surface area contributed by atoms with E-state index in [-0.39, 0.29) is 23.8 Å². The largest absolute Gasteiger partial charge is 0.362 e. The highest BCUT2D eigenvalue weighted by atomic mass is 19.3. The normalized spacial score (nSPS) is 21.2. The summed E-state index contributed by atoms with van der Waals surface area (Å²) in [4.78, 5) is 37.5. The molecule has 2 fully saturated rings. The molecule has 2 heterocycles. The Hall–Kier alpha value is -2.68. The van der Waals surface area contributed by atoms with Gasteiger partial charge >= 0.3 is 0 Å². The Morgan fingerprint density at radius 3 is 2.56 bits per heavy atom. The van der Waals surface area contributed by atoms with E-state index in [4.69, 9.17) is 0 Å². The maximum Gasteiger partial charge on any atom is 0.270 e. The lowest BCUT2D eigenvalue weighted by Gasteiger charge is -2.47. The molecule has 1 aliphatic heterocycles. The fourth-order valence-electron chi connectivity index (χ4n) is 5.49. The molecule has 0 unspecified atom stereocenters. The Bertz CT molecular complexity index is 1080. The third-order valence-corrected chi connectivity index (χ3v) is 7.68. The number of carbonyl (C=O) groups excluding carboxylic acids is 2. The highest BCUT2D eigenvalue weighted by Gasteiger charge is 2.36. The molecule has 36 heavy (non-hydrogen) atoms. The van der Waals surface area contributed by atoms with Crippen LogP contribution in [-0.2, 0) is 15.5 Å². The van der Waals surface area contributed by atoms with Gasteiger partial charge in [0, 0.05) is 62.9 Å². The molecule has 196 valence electrons. The smallest absolute Gasteiger partial charge is 0.270 e. The summed E-state index contributed by atoms with van der Waals surface area (Å²) in [5.74, 6) is -1.89. The average Bonchev–Trinajstić information content (AvgIpc) is 2.83. The van der Waals surface area contributed by atoms with Crippen LogP contribution < -0.4 is 5.32 Å². The lowest BCUT2D eigenvalue weighted by atomic mass is 9.84. The van der Waals surface area contributed by atoms with E-state index in [0.717, 1.165) is 52.1 Å². The predicted molar refractivity (Wildman–Crippen MR) is 136 cm³/mol. The number of aromatic nitrogens is 2. The van der Waals surface area contributed by atoms with Gasteiger partial charge in [0.25, 0.3) is 5.92 Å². The van der Waals surface area contributed by atoms with Crippen molar-refractivity contribution in [2.24, 2.45) is 5.92 Å². The zero-order valence-electron chi connectivity index (χ0n) is 21.5. The number of benzene rings is 1. The van der Waals surface area contributed by atoms with Gasteiger partial charge in [-0.05, 0) is 50.2 Å². The van der Waals surface area contributed by atoms with Crippen molar-refractivity contribution in [2.45, 2.75) is 76.8 Å². The van der Waals surface area contributed by atoms with E-state index in [1.807, 2.05) is 18.9 Å². The quantitative estimate of drug-likeness (QED) is 0.512. The molecule has 0 bridgehead atoms. The molecule has 1 aromatic carbocycles. The zero-order valence-corrected chi connectivity index (χ0v) is 21.5. The van der Waals surface area contributed by atoms with Crippen LogP contribution in [0.5, 0.6) is 0 Å². The van der Waals surface area contributed by atoms with Crippen molar-refractivity contribution in [1.29, 1.82) is 0 Å². The molecule has 0 atom stereocenters. The number of likely N-dealkylation sites (tertiary alicyclic amines) is 1. The van der Waals surface area contributed by atoms with E-state index in [1.165, 1.54) is 18.5 Å². The predicted octanol–water partition coefficient (Wildman–Crippen LogP) is 4.61. The minimum absolute atomic E-state index is 0.0863. The molecule has 2 aliphatic rings. The van der Waals surface area contributed by atoms with Gasteiger partial charge in [-0.25, -0.2) is 18.7 Å². The second-order valence-corrected chi connectivity index (χ2v) is 10.5. The van der Waals surface area contributed by atoms with Crippen molar-refractivity contribution in [3.63, 3.8) is 0 Å². The lowest BCUT2D eigenvalue weighted by molar-refractivity contribution is -0.133. The summed E-state index contributed by atoms with van der Waals surface area (Å²) in [6.07, 6.45) is 7.64. The minimum atomic E-state index is -2.96. The molecule has 0 radical (unpaired) electrons. The van der Waals surface area contributed by atoms with Gasteiger partial charge in [-0.1, -0.05) is 13.0 Å². The summed E-state index contributed by atoms with van der Waals surface area (Å²) >= 11 is 0. The van der Waals surface area contributed by atoms with E-state index >= 15 is 0 Å². The highest BCUT2D eigenvalue weighted by molar-refractivity contribution is 5.91. The summed E-state index contributed by atoms with van der Waals surface area (Å²) in [5, 5.41) is 3.52. The van der Waals surface area contributed by atoms with Crippen LogP contribution in [0, 0.1) is 5.92 Å². The van der Waals surface area contributed by atoms with Gasteiger partial charge in [0.05, 0.1) is 12.1 Å². The van der Waals surface area contributed by atoms with Gasteiger partial charge in [0.2, 0.25) is 5.91 Å². The van der Waals surface area contributed by atoms with Crippen molar-refractivity contribution in [3.05, 3.63) is 30.1 Å². The van der Waals surface area contributed by atoms with Gasteiger partial charge in [-0.2, -0.15) is 0 Å². The van der Waals surface area contributed by atoms with Gasteiger partial charge in [-0.3, -0.25) is 14.5 Å². The van der Waals surface area contributed by atoms with Crippen molar-refractivity contribution in [2.75, 3.05) is 32.0 Å². The molecule has 1 saturated carbocycles. The number of amides is 1. The van der Waals surface area contributed by atoms with Gasteiger partial charge < -0.3 is 10.2 Å². The number of hydrogen-bond donors (Lipinski definition) is 1. The maximum atomic E-state index is 13.8. The molecule has 1 aromatic heterocycles. The van der Waals surface area contributed by atoms with E-state index in [0.29, 0.717) is 47.6 Å². The molecule has 9 heteroatoms. The maximum absolute atomic E-state index is 13.8. The first-order valence-electron chi connectivity index (χ1n) is 13.0. The summed E-state index contributed by atoms with van der Waals surface area (Å²) < 4.78 is 27.5. The number of anilines is 1. The molecular weight excluding hydrogens is 464 g/mol. The van der Waals surface area contributed by atoms with Crippen molar-refractivity contribution < 1.29 is 18.4 Å². The van der Waals surface area contributed by atoms with Crippen LogP contribution in [0.3, 0.4) is 0 Å². The second kappa shape index (κ2) is 11.2. The third kappa shape index (κ3) is 6.17. The van der Waals surface area contributed by atoms with E-state index in [9.17, 15) is 18.4 Å². The second-order valence-electron chi connectivity index (χ2n) is 10.5. The number of carbonyl (C=O) groups is 2. The summed E-state index contributed by atoms with van der Waals surface area (Å²) in [7, 11) is 1.94. The van der Waals surface area contributed by atoms with Crippen molar-refractivity contribution >= 4 is 28.4 Å². The SMILES string of the molecule is CCCC(=O)N(C)C1CCC(N2CC(CC(=O)CNc3ncnc4ccc(C(C)(F)F)cc34)C2)CC1. The molecule has 1 aliphatic carbocycles. The molecule has 1 N–H and O–H groups in total. The fraction of sp³-hybridized carbons (Fsp3) is 0.630. The van der Waals surface area contributed by atoms with Crippen LogP contribution in [0.4, 0.5) is 14.6 Å². The zero-order chi connectivity index (χ0) is 25.9. The van der Waals surface area contributed by atoms with Crippen LogP contribution in [0.25, 0.3) is 10.9 Å². The topological polar surface area (TPSA) is 78.4 Å². The number of rotatable bonds is 10. The van der Waals surface area contributed by atoms with E-state index in [1.54, 1.807) is 6.07 Å². The summed E-state index contributed by atoms with van der Waals surface area (Å²) in [6, 6.07) is 5.19. The fourth-order valence-corrected chi connectivity index (χ4v) is 5.49. The van der Waals surface area contributed by atoms with Crippen LogP contribution >= 0.6 is 0 Å². The van der Waals surface area contributed by atoms with Crippen molar-refractivity contribution in [3.8, 4) is 0 Å². The molecular formula is C27H37F2N5O2. The standard InChI is InChI=1S/C27H37F2N5O2/c1-4-5-25(36)33(3)20-7-9-21(10-8-20)34-15-18(16-34)12-22(35)14-30-26-23-13-19(27(2,28)29)6-11-24(23)31-17-32-26/h6,11,13,17-18,20-21H,4-5,7-10,12,14-16H2,1-3H3,(H,30,31,32). The summed E-state index contributed by atoms with van der Waals surface area (Å²) in [5.41, 5.74) is 0.445. The van der Waals surface area contributed by atoms with Gasteiger partial charge in [0.1, 0.15) is 12.1 Å². The number of Topliss-reactive ketones (excluding diaryl/α,β-unsaturated/α-hetero) is 1. The Morgan fingerprint density at radius 2 is 1.89 bits per heavy atom. The molecule has 4 rings (SSSR count). The summed E-state index contributed by atoms with van der Waals surface area (Å²) in [6.45, 7) is 4.86. The van der Waals surface area contributed by atoms with Crippen LogP contribution in [0.1, 0.15) is 64.4 Å². The lowest BCUT2D eigenvalue weighted by Crippen LogP contribution is -2.54. The number of ketones is 1. The van der Waals surface area contributed by atoms with Crippen molar-refractivity contribution in [1.82, 2.24) is 19.8 Å². The first-order valence-corrected chi connectivity index (χ1v) is 13.0. The molecule has 1 amide bonds. The number of fused-ring (bicyclic) bond motifs is 1. The average molecular weight is 502 g/mol. The number of halogens is 2. The van der Waals surface area contributed by atoms with E-state index in [2.05, 4.69) is 20.2 Å². The molecule has 2 aromatic rings. The molecule has 1 saturated heterocycles. The van der Waals surface area contributed by atoms with Crippen LogP contribution in [-0.4, -0.2) is 70.2 Å². The number of nitrogens with one attached hydrogen (secondary N) is 1. The Labute approximate surface area is 211 Å². The van der Waals surface area contributed by atoms with Crippen LogP contribution in [0.2, 0.25) is 0 Å². The first kappa shape index (κ1) is 26.4. The molecule has 7 nitrogen and oxygen atoms in total.